The smallest absolute Gasteiger partial charge is 0.268 e. The monoisotopic (exact) mass is 326 g/mol. The second kappa shape index (κ2) is 5.44. The highest BCUT2D eigenvalue weighted by atomic mass is 19.1. The van der Waals surface area contributed by atoms with E-state index >= 15 is 0 Å². The number of nitrogens with zero attached hydrogens (tertiary/aromatic N) is 1. The van der Waals surface area contributed by atoms with Crippen LogP contribution in [-0.4, -0.2) is 17.0 Å². The maximum Gasteiger partial charge on any atom is 0.268 e. The molecule has 2 heterocycles. The molecule has 0 radical (unpaired) electrons. The van der Waals surface area contributed by atoms with Gasteiger partial charge in [-0.2, -0.15) is 0 Å². The fourth-order valence-electron chi connectivity index (χ4n) is 3.54. The van der Waals surface area contributed by atoms with E-state index in [0.717, 1.165) is 27.6 Å². The summed E-state index contributed by atoms with van der Waals surface area (Å²) >= 11 is 0. The highest BCUT2D eigenvalue weighted by molar-refractivity contribution is 6.03. The summed E-state index contributed by atoms with van der Waals surface area (Å²) in [5.41, 5.74) is 3.99. The molecule has 1 aliphatic heterocycles. The Labute approximate surface area is 137 Å². The molecule has 1 amide bonds. The number of carbonyl (C=O) groups excluding carboxylic acids is 1. The van der Waals surface area contributed by atoms with Gasteiger partial charge in [-0.3, -0.25) is 4.79 Å². The molecule has 1 aliphatic rings. The summed E-state index contributed by atoms with van der Waals surface area (Å²) in [7, 11) is 0. The number of halogens is 2. The predicted octanol–water partition coefficient (Wildman–Crippen LogP) is 3.56. The van der Waals surface area contributed by atoms with E-state index in [9.17, 15) is 13.6 Å². The van der Waals surface area contributed by atoms with Crippen molar-refractivity contribution in [3.63, 3.8) is 0 Å². The van der Waals surface area contributed by atoms with Crippen molar-refractivity contribution in [2.45, 2.75) is 19.9 Å². The van der Waals surface area contributed by atoms with Crippen LogP contribution in [0.15, 0.2) is 36.4 Å². The van der Waals surface area contributed by atoms with Gasteiger partial charge in [-0.1, -0.05) is 12.1 Å². The molecule has 0 saturated carbocycles. The maximum atomic E-state index is 14.1. The first-order valence-corrected chi connectivity index (χ1v) is 7.88. The summed E-state index contributed by atoms with van der Waals surface area (Å²) < 4.78 is 29.2. The molecule has 3 nitrogen and oxygen atoms in total. The van der Waals surface area contributed by atoms with Crippen molar-refractivity contribution < 1.29 is 13.6 Å². The van der Waals surface area contributed by atoms with Crippen molar-refractivity contribution in [1.29, 1.82) is 0 Å². The third kappa shape index (κ3) is 2.28. The number of hydrogen-bond acceptors (Lipinski definition) is 1. The van der Waals surface area contributed by atoms with Crippen molar-refractivity contribution in [2.24, 2.45) is 0 Å². The molecule has 0 saturated heterocycles. The predicted molar refractivity (Wildman–Crippen MR) is 88.2 cm³/mol. The molecule has 0 aliphatic carbocycles. The Bertz CT molecular complexity index is 958. The lowest BCUT2D eigenvalue weighted by atomic mass is 10.0. The van der Waals surface area contributed by atoms with Crippen LogP contribution in [0, 0.1) is 18.6 Å². The van der Waals surface area contributed by atoms with Crippen LogP contribution in [0.25, 0.3) is 10.9 Å². The van der Waals surface area contributed by atoms with Gasteiger partial charge in [0, 0.05) is 18.5 Å². The van der Waals surface area contributed by atoms with Gasteiger partial charge in [0.05, 0.1) is 5.52 Å². The van der Waals surface area contributed by atoms with Gasteiger partial charge in [0.1, 0.15) is 17.3 Å². The topological polar surface area (TPSA) is 34.0 Å². The highest BCUT2D eigenvalue weighted by Crippen LogP contribution is 2.31. The molecule has 5 heteroatoms. The number of fused-ring (bicyclic) bond motifs is 3. The van der Waals surface area contributed by atoms with Crippen LogP contribution in [0.4, 0.5) is 8.78 Å². The highest BCUT2D eigenvalue weighted by Gasteiger charge is 2.25. The molecule has 4 rings (SSSR count). The number of carbonyl (C=O) groups is 1. The Morgan fingerprint density at radius 2 is 1.88 bits per heavy atom. The van der Waals surface area contributed by atoms with Crippen LogP contribution in [-0.2, 0) is 13.0 Å². The van der Waals surface area contributed by atoms with E-state index in [0.29, 0.717) is 25.2 Å². The summed E-state index contributed by atoms with van der Waals surface area (Å²) in [6, 6.07) is 9.19. The minimum Gasteiger partial charge on any atom is -0.349 e. The zero-order valence-corrected chi connectivity index (χ0v) is 13.2. The van der Waals surface area contributed by atoms with Crippen molar-refractivity contribution in [3.05, 3.63) is 70.4 Å². The van der Waals surface area contributed by atoms with Gasteiger partial charge < -0.3 is 9.88 Å². The number of aromatic nitrogens is 1. The number of hydrogen-bond donors (Lipinski definition) is 1. The van der Waals surface area contributed by atoms with Gasteiger partial charge in [0.15, 0.2) is 0 Å². The quantitative estimate of drug-likeness (QED) is 0.767. The molecule has 122 valence electrons. The van der Waals surface area contributed by atoms with Crippen LogP contribution in [0.2, 0.25) is 0 Å². The number of amides is 1. The SMILES string of the molecule is Cc1c2n(c3c(Cc4ccc(F)cc4)cc(F)cc13)CCNC2=O. The lowest BCUT2D eigenvalue weighted by molar-refractivity contribution is 0.0928. The lowest BCUT2D eigenvalue weighted by Gasteiger charge is -2.18. The van der Waals surface area contributed by atoms with Crippen molar-refractivity contribution in [1.82, 2.24) is 9.88 Å². The van der Waals surface area contributed by atoms with E-state index in [1.54, 1.807) is 12.1 Å². The van der Waals surface area contributed by atoms with Crippen molar-refractivity contribution in [2.75, 3.05) is 6.54 Å². The maximum absolute atomic E-state index is 14.1. The summed E-state index contributed by atoms with van der Waals surface area (Å²) in [4.78, 5) is 12.2. The molecule has 0 atom stereocenters. The first kappa shape index (κ1) is 14.9. The molecule has 0 spiro atoms. The number of benzene rings is 2. The average molecular weight is 326 g/mol. The Kier molecular flexibility index (Phi) is 3.37. The molecule has 24 heavy (non-hydrogen) atoms. The molecular weight excluding hydrogens is 310 g/mol. The van der Waals surface area contributed by atoms with Crippen molar-refractivity contribution >= 4 is 16.8 Å². The third-order valence-electron chi connectivity index (χ3n) is 4.60. The van der Waals surface area contributed by atoms with Crippen LogP contribution in [0.3, 0.4) is 0 Å². The molecule has 0 bridgehead atoms. The van der Waals surface area contributed by atoms with E-state index in [1.165, 1.54) is 24.3 Å². The summed E-state index contributed by atoms with van der Waals surface area (Å²) in [5, 5.41) is 3.60. The first-order chi connectivity index (χ1) is 11.5. The van der Waals surface area contributed by atoms with Crippen molar-refractivity contribution in [3.8, 4) is 0 Å². The van der Waals surface area contributed by atoms with E-state index < -0.39 is 0 Å². The number of nitrogens with one attached hydrogen (secondary N) is 1. The summed E-state index contributed by atoms with van der Waals surface area (Å²) in [6.45, 7) is 3.07. The molecule has 0 fully saturated rings. The third-order valence-corrected chi connectivity index (χ3v) is 4.60. The molecular formula is C19H16F2N2O. The Balaban J connectivity index is 1.93. The standard InChI is InChI=1S/C19H16F2N2O/c1-11-16-10-15(21)9-13(8-12-2-4-14(20)5-3-12)18(16)23-7-6-22-19(24)17(11)23/h2-5,9-10H,6-8H2,1H3,(H,22,24). The van der Waals surface area contributed by atoms with Crippen LogP contribution < -0.4 is 5.32 Å². The van der Waals surface area contributed by atoms with Gasteiger partial charge in [-0.15, -0.1) is 0 Å². The molecule has 3 aromatic rings. The molecule has 1 aromatic heterocycles. The zero-order valence-electron chi connectivity index (χ0n) is 13.2. The van der Waals surface area contributed by atoms with Crippen LogP contribution >= 0.6 is 0 Å². The molecule has 2 aromatic carbocycles. The minimum absolute atomic E-state index is 0.122. The van der Waals surface area contributed by atoms with Gasteiger partial charge in [0.2, 0.25) is 0 Å². The Morgan fingerprint density at radius 1 is 1.12 bits per heavy atom. The van der Waals surface area contributed by atoms with E-state index in [4.69, 9.17) is 0 Å². The molecule has 1 N–H and O–H groups in total. The fraction of sp³-hybridized carbons (Fsp3) is 0.211. The number of aryl methyl sites for hydroxylation is 1. The largest absolute Gasteiger partial charge is 0.349 e. The number of rotatable bonds is 2. The Hall–Kier alpha value is -2.69. The van der Waals surface area contributed by atoms with Crippen LogP contribution in [0.1, 0.15) is 27.2 Å². The lowest BCUT2D eigenvalue weighted by Crippen LogP contribution is -2.35. The van der Waals surface area contributed by atoms with Gasteiger partial charge >= 0.3 is 0 Å². The van der Waals surface area contributed by atoms with Gasteiger partial charge in [-0.05, 0) is 54.3 Å². The van der Waals surface area contributed by atoms with E-state index in [2.05, 4.69) is 5.32 Å². The fourth-order valence-corrected chi connectivity index (χ4v) is 3.54. The first-order valence-electron chi connectivity index (χ1n) is 7.88. The summed E-state index contributed by atoms with van der Waals surface area (Å²) in [5.74, 6) is -0.745. The van der Waals surface area contributed by atoms with E-state index in [-0.39, 0.29) is 17.5 Å². The summed E-state index contributed by atoms with van der Waals surface area (Å²) in [6.07, 6.45) is 0.485. The Morgan fingerprint density at radius 3 is 2.62 bits per heavy atom. The normalized spacial score (nSPS) is 13.9. The van der Waals surface area contributed by atoms with Gasteiger partial charge in [-0.25, -0.2) is 8.78 Å². The van der Waals surface area contributed by atoms with E-state index in [1.807, 2.05) is 11.5 Å². The second-order valence-electron chi connectivity index (χ2n) is 6.15. The van der Waals surface area contributed by atoms with Crippen LogP contribution in [0.5, 0.6) is 0 Å². The minimum atomic E-state index is -0.328. The van der Waals surface area contributed by atoms with Gasteiger partial charge in [0.25, 0.3) is 5.91 Å². The second-order valence-corrected chi connectivity index (χ2v) is 6.15. The zero-order chi connectivity index (χ0) is 16.8. The molecule has 0 unspecified atom stereocenters. The average Bonchev–Trinajstić information content (AvgIpc) is 2.84.